The Morgan fingerprint density at radius 2 is 1.76 bits per heavy atom. The molecular formula is C19H23N3O3. The van der Waals surface area contributed by atoms with E-state index in [1.165, 1.54) is 4.90 Å². The molecule has 0 heterocycles. The van der Waals surface area contributed by atoms with Crippen LogP contribution in [-0.2, 0) is 16.1 Å². The van der Waals surface area contributed by atoms with E-state index in [2.05, 4.69) is 5.32 Å². The monoisotopic (exact) mass is 341 g/mol. The van der Waals surface area contributed by atoms with Gasteiger partial charge in [0.15, 0.2) is 0 Å². The summed E-state index contributed by atoms with van der Waals surface area (Å²) in [6, 6.07) is 16.6. The minimum absolute atomic E-state index is 0.0961. The molecule has 0 atom stereocenters. The van der Waals surface area contributed by atoms with Gasteiger partial charge in [-0.2, -0.15) is 0 Å². The third-order valence-electron chi connectivity index (χ3n) is 3.69. The van der Waals surface area contributed by atoms with Gasteiger partial charge in [-0.3, -0.25) is 9.59 Å². The van der Waals surface area contributed by atoms with Gasteiger partial charge in [-0.15, -0.1) is 0 Å². The summed E-state index contributed by atoms with van der Waals surface area (Å²) >= 11 is 0. The van der Waals surface area contributed by atoms with Gasteiger partial charge in [-0.1, -0.05) is 36.4 Å². The average molecular weight is 341 g/mol. The number of carbonyl (C=O) groups excluding carboxylic acids is 2. The van der Waals surface area contributed by atoms with Crippen LogP contribution in [0.2, 0.25) is 0 Å². The van der Waals surface area contributed by atoms with E-state index in [-0.39, 0.29) is 19.7 Å². The molecule has 0 aliphatic heterocycles. The van der Waals surface area contributed by atoms with E-state index in [1.54, 1.807) is 12.1 Å². The van der Waals surface area contributed by atoms with Gasteiger partial charge in [0.2, 0.25) is 0 Å². The molecule has 2 aromatic carbocycles. The van der Waals surface area contributed by atoms with Gasteiger partial charge in [0.1, 0.15) is 0 Å². The number of anilines is 2. The Labute approximate surface area is 147 Å². The fraction of sp³-hybridized carbons (Fsp3) is 0.263. The highest BCUT2D eigenvalue weighted by atomic mass is 16.3. The molecule has 0 bridgehead atoms. The Kier molecular flexibility index (Phi) is 6.54. The fourth-order valence-corrected chi connectivity index (χ4v) is 2.37. The molecule has 0 aliphatic rings. The predicted molar refractivity (Wildman–Crippen MR) is 98.3 cm³/mol. The molecule has 6 nitrogen and oxygen atoms in total. The maximum Gasteiger partial charge on any atom is 0.313 e. The lowest BCUT2D eigenvalue weighted by atomic mass is 10.2. The number of nitrogens with zero attached hydrogens (tertiary/aromatic N) is 2. The molecule has 0 saturated carbocycles. The van der Waals surface area contributed by atoms with Gasteiger partial charge < -0.3 is 20.2 Å². The Morgan fingerprint density at radius 3 is 2.40 bits per heavy atom. The van der Waals surface area contributed by atoms with Crippen LogP contribution in [0.25, 0.3) is 0 Å². The number of hydrogen-bond acceptors (Lipinski definition) is 4. The van der Waals surface area contributed by atoms with Crippen molar-refractivity contribution in [1.82, 2.24) is 4.90 Å². The Bertz CT molecular complexity index is 717. The van der Waals surface area contributed by atoms with Gasteiger partial charge in [-0.05, 0) is 23.8 Å². The SMILES string of the molecule is CN(C)c1cccc(NC(=O)C(=O)N(CCO)Cc2ccccc2)c1. The number of nitrogens with one attached hydrogen (secondary N) is 1. The normalized spacial score (nSPS) is 10.2. The standard InChI is InChI=1S/C19H23N3O3/c1-21(2)17-10-6-9-16(13-17)20-18(24)19(25)22(11-12-23)14-15-7-4-3-5-8-15/h3-10,13,23H,11-12,14H2,1-2H3,(H,20,24). The minimum Gasteiger partial charge on any atom is -0.395 e. The summed E-state index contributed by atoms with van der Waals surface area (Å²) in [5, 5.41) is 11.8. The first-order chi connectivity index (χ1) is 12.0. The van der Waals surface area contributed by atoms with Crippen LogP contribution in [-0.4, -0.2) is 49.1 Å². The van der Waals surface area contributed by atoms with Gasteiger partial charge in [0, 0.05) is 38.6 Å². The largest absolute Gasteiger partial charge is 0.395 e. The molecule has 6 heteroatoms. The van der Waals surface area contributed by atoms with Crippen LogP contribution in [0.15, 0.2) is 54.6 Å². The van der Waals surface area contributed by atoms with Crippen LogP contribution >= 0.6 is 0 Å². The topological polar surface area (TPSA) is 72.9 Å². The Hall–Kier alpha value is -2.86. The molecule has 0 saturated heterocycles. The van der Waals surface area contributed by atoms with Crippen molar-refractivity contribution < 1.29 is 14.7 Å². The molecule has 0 spiro atoms. The molecule has 2 N–H and O–H groups in total. The van der Waals surface area contributed by atoms with Gasteiger partial charge in [0.25, 0.3) is 0 Å². The lowest BCUT2D eigenvalue weighted by molar-refractivity contribution is -0.143. The van der Waals surface area contributed by atoms with Crippen molar-refractivity contribution >= 4 is 23.2 Å². The number of aliphatic hydroxyl groups is 1. The Morgan fingerprint density at radius 1 is 1.04 bits per heavy atom. The summed E-state index contributed by atoms with van der Waals surface area (Å²) in [4.78, 5) is 28.0. The molecule has 2 rings (SSSR count). The molecular weight excluding hydrogens is 318 g/mol. The highest BCUT2D eigenvalue weighted by Gasteiger charge is 2.22. The van der Waals surface area contributed by atoms with Crippen LogP contribution in [0.3, 0.4) is 0 Å². The maximum atomic E-state index is 12.5. The summed E-state index contributed by atoms with van der Waals surface area (Å²) in [5.74, 6) is -1.39. The van der Waals surface area contributed by atoms with E-state index in [0.29, 0.717) is 5.69 Å². The zero-order valence-corrected chi connectivity index (χ0v) is 14.5. The van der Waals surface area contributed by atoms with Crippen LogP contribution in [0, 0.1) is 0 Å². The van der Waals surface area contributed by atoms with Crippen molar-refractivity contribution in [3.8, 4) is 0 Å². The number of carbonyl (C=O) groups is 2. The molecule has 0 fully saturated rings. The molecule has 25 heavy (non-hydrogen) atoms. The first-order valence-electron chi connectivity index (χ1n) is 8.03. The smallest absolute Gasteiger partial charge is 0.313 e. The molecule has 2 amide bonds. The van der Waals surface area contributed by atoms with E-state index in [9.17, 15) is 14.7 Å². The first kappa shape index (κ1) is 18.5. The fourth-order valence-electron chi connectivity index (χ4n) is 2.37. The van der Waals surface area contributed by atoms with E-state index in [4.69, 9.17) is 0 Å². The third-order valence-corrected chi connectivity index (χ3v) is 3.69. The molecule has 132 valence electrons. The van der Waals surface area contributed by atoms with Gasteiger partial charge >= 0.3 is 11.8 Å². The van der Waals surface area contributed by atoms with Crippen molar-refractivity contribution in [1.29, 1.82) is 0 Å². The van der Waals surface area contributed by atoms with Crippen LogP contribution in [0.4, 0.5) is 11.4 Å². The Balaban J connectivity index is 2.07. The zero-order chi connectivity index (χ0) is 18.2. The predicted octanol–water partition coefficient (Wildman–Crippen LogP) is 1.71. The molecule has 0 unspecified atom stereocenters. The number of amides is 2. The van der Waals surface area contributed by atoms with Crippen molar-refractivity contribution in [2.75, 3.05) is 37.5 Å². The van der Waals surface area contributed by atoms with Gasteiger partial charge in [0.05, 0.1) is 6.61 Å². The van der Waals surface area contributed by atoms with Crippen molar-refractivity contribution in [2.45, 2.75) is 6.54 Å². The number of hydrogen-bond donors (Lipinski definition) is 2. The summed E-state index contributed by atoms with van der Waals surface area (Å²) in [6.45, 7) is 0.159. The lowest BCUT2D eigenvalue weighted by Crippen LogP contribution is -2.40. The lowest BCUT2D eigenvalue weighted by Gasteiger charge is -2.21. The molecule has 2 aromatic rings. The summed E-state index contributed by atoms with van der Waals surface area (Å²) in [6.07, 6.45) is 0. The quantitative estimate of drug-likeness (QED) is 0.785. The summed E-state index contributed by atoms with van der Waals surface area (Å²) in [7, 11) is 3.80. The van der Waals surface area contributed by atoms with E-state index in [1.807, 2.05) is 61.5 Å². The van der Waals surface area contributed by atoms with E-state index < -0.39 is 11.8 Å². The number of aliphatic hydroxyl groups excluding tert-OH is 1. The third kappa shape index (κ3) is 5.32. The highest BCUT2D eigenvalue weighted by molar-refractivity contribution is 6.39. The molecule has 0 aliphatic carbocycles. The summed E-state index contributed by atoms with van der Waals surface area (Å²) < 4.78 is 0. The van der Waals surface area contributed by atoms with Gasteiger partial charge in [-0.25, -0.2) is 0 Å². The number of benzene rings is 2. The van der Waals surface area contributed by atoms with E-state index >= 15 is 0 Å². The van der Waals surface area contributed by atoms with E-state index in [0.717, 1.165) is 11.3 Å². The molecule has 0 aromatic heterocycles. The summed E-state index contributed by atoms with van der Waals surface area (Å²) in [5.41, 5.74) is 2.36. The average Bonchev–Trinajstić information content (AvgIpc) is 2.61. The minimum atomic E-state index is -0.722. The maximum absolute atomic E-state index is 12.5. The second kappa shape index (κ2) is 8.84. The first-order valence-corrected chi connectivity index (χ1v) is 8.03. The van der Waals surface area contributed by atoms with Crippen LogP contribution in [0.1, 0.15) is 5.56 Å². The zero-order valence-electron chi connectivity index (χ0n) is 14.5. The van der Waals surface area contributed by atoms with Crippen LogP contribution in [0.5, 0.6) is 0 Å². The van der Waals surface area contributed by atoms with Crippen molar-refractivity contribution in [2.24, 2.45) is 0 Å². The van der Waals surface area contributed by atoms with Crippen molar-refractivity contribution in [3.05, 3.63) is 60.2 Å². The number of rotatable bonds is 6. The highest BCUT2D eigenvalue weighted by Crippen LogP contribution is 2.17. The second-order valence-electron chi connectivity index (χ2n) is 5.83. The van der Waals surface area contributed by atoms with Crippen molar-refractivity contribution in [3.63, 3.8) is 0 Å². The van der Waals surface area contributed by atoms with Crippen LogP contribution < -0.4 is 10.2 Å². The second-order valence-corrected chi connectivity index (χ2v) is 5.83. The molecule has 0 radical (unpaired) electrons.